The molecule has 0 aromatic heterocycles. The summed E-state index contributed by atoms with van der Waals surface area (Å²) in [5, 5.41) is 11.2. The van der Waals surface area contributed by atoms with Crippen molar-refractivity contribution in [3.05, 3.63) is 28.3 Å². The number of hydrogen-bond donors (Lipinski definition) is 0. The Bertz CT molecular complexity index is 622. The van der Waals surface area contributed by atoms with E-state index in [9.17, 15) is 14.9 Å². The van der Waals surface area contributed by atoms with Crippen molar-refractivity contribution in [2.45, 2.75) is 19.1 Å². The molecule has 0 N–H and O–H groups in total. The number of nitrogens with zero attached hydrogens (tertiary/aromatic N) is 3. The molecule has 0 saturated carbocycles. The van der Waals surface area contributed by atoms with Gasteiger partial charge in [0.05, 0.1) is 24.2 Å². The molecule has 0 spiro atoms. The number of rotatable bonds is 3. The Labute approximate surface area is 133 Å². The van der Waals surface area contributed by atoms with Crippen LogP contribution in [0.1, 0.15) is 6.92 Å². The first-order chi connectivity index (χ1) is 11.0. The maximum Gasteiger partial charge on any atom is 0.312 e. The zero-order chi connectivity index (χ0) is 16.6. The zero-order valence-electron chi connectivity index (χ0n) is 13.1. The summed E-state index contributed by atoms with van der Waals surface area (Å²) in [6, 6.07) is 4.96. The Hall–Kier alpha value is -2.35. The smallest absolute Gasteiger partial charge is 0.312 e. The normalized spacial score (nSPS) is 23.6. The quantitative estimate of drug-likeness (QED) is 0.611. The topological polar surface area (TPSA) is 85.2 Å². The lowest BCUT2D eigenvalue weighted by atomic mass is 10.1. The van der Waals surface area contributed by atoms with Gasteiger partial charge in [-0.15, -0.1) is 0 Å². The molecule has 1 aromatic carbocycles. The number of carbonyl (C=O) groups is 1. The van der Waals surface area contributed by atoms with E-state index in [2.05, 4.69) is 4.90 Å². The molecule has 2 unspecified atom stereocenters. The van der Waals surface area contributed by atoms with Gasteiger partial charge in [0.1, 0.15) is 0 Å². The largest absolute Gasteiger partial charge is 0.490 e. The molecule has 2 heterocycles. The van der Waals surface area contributed by atoms with Crippen LogP contribution in [-0.4, -0.2) is 61.2 Å². The standard InChI is InChI=1S/C15H19N3O5/c1-10(19)16-6-12-8-17(9-13(7-16)23-12)11-3-4-15(22-2)14(5-11)18(20)21/h3-5,12-13H,6-9H2,1-2H3. The molecular formula is C15H19N3O5. The number of ether oxygens (including phenoxy) is 2. The first-order valence-electron chi connectivity index (χ1n) is 7.46. The van der Waals surface area contributed by atoms with Crippen LogP contribution < -0.4 is 9.64 Å². The molecule has 3 rings (SSSR count). The third kappa shape index (κ3) is 3.07. The Morgan fingerprint density at radius 2 is 1.96 bits per heavy atom. The van der Waals surface area contributed by atoms with E-state index in [1.54, 1.807) is 17.9 Å². The summed E-state index contributed by atoms with van der Waals surface area (Å²) in [5.74, 6) is 0.298. The lowest BCUT2D eigenvalue weighted by Crippen LogP contribution is -2.60. The Morgan fingerprint density at radius 1 is 1.30 bits per heavy atom. The van der Waals surface area contributed by atoms with Crippen molar-refractivity contribution < 1.29 is 19.2 Å². The molecule has 0 radical (unpaired) electrons. The van der Waals surface area contributed by atoms with Crippen LogP contribution in [0.5, 0.6) is 5.75 Å². The van der Waals surface area contributed by atoms with Gasteiger partial charge in [0.2, 0.25) is 5.91 Å². The average Bonchev–Trinajstić information content (AvgIpc) is 2.53. The summed E-state index contributed by atoms with van der Waals surface area (Å²) >= 11 is 0. The predicted octanol–water partition coefficient (Wildman–Crippen LogP) is 1.04. The minimum absolute atomic E-state index is 0.0491. The maximum atomic E-state index is 11.5. The van der Waals surface area contributed by atoms with Crippen molar-refractivity contribution in [1.82, 2.24) is 4.90 Å². The van der Waals surface area contributed by atoms with Crippen LogP contribution in [0, 0.1) is 10.1 Å². The number of anilines is 1. The van der Waals surface area contributed by atoms with Crippen molar-refractivity contribution in [2.75, 3.05) is 38.2 Å². The molecule has 8 heteroatoms. The van der Waals surface area contributed by atoms with Gasteiger partial charge in [-0.2, -0.15) is 0 Å². The monoisotopic (exact) mass is 321 g/mol. The molecule has 1 aromatic rings. The minimum Gasteiger partial charge on any atom is -0.490 e. The van der Waals surface area contributed by atoms with Crippen LogP contribution in [-0.2, 0) is 9.53 Å². The first-order valence-corrected chi connectivity index (χ1v) is 7.46. The SMILES string of the molecule is COc1ccc(N2CC3CN(C(C)=O)CC(C2)O3)cc1[N+](=O)[O-]. The minimum atomic E-state index is -0.443. The highest BCUT2D eigenvalue weighted by Crippen LogP contribution is 2.33. The number of hydrogen-bond acceptors (Lipinski definition) is 6. The number of nitro groups is 1. The molecule has 2 atom stereocenters. The lowest BCUT2D eigenvalue weighted by molar-refractivity contribution is -0.385. The fourth-order valence-corrected chi connectivity index (χ4v) is 3.18. The van der Waals surface area contributed by atoms with Gasteiger partial charge in [0, 0.05) is 44.9 Å². The van der Waals surface area contributed by atoms with Crippen molar-refractivity contribution >= 4 is 17.3 Å². The highest BCUT2D eigenvalue weighted by molar-refractivity contribution is 5.73. The van der Waals surface area contributed by atoms with E-state index in [0.717, 1.165) is 5.69 Å². The van der Waals surface area contributed by atoms with Crippen molar-refractivity contribution in [3.8, 4) is 5.75 Å². The molecule has 23 heavy (non-hydrogen) atoms. The summed E-state index contributed by atoms with van der Waals surface area (Å²) in [7, 11) is 1.41. The van der Waals surface area contributed by atoms with E-state index in [1.165, 1.54) is 13.2 Å². The highest BCUT2D eigenvalue weighted by atomic mass is 16.6. The zero-order valence-corrected chi connectivity index (χ0v) is 13.1. The third-order valence-electron chi connectivity index (χ3n) is 4.25. The first kappa shape index (κ1) is 15.5. The van der Waals surface area contributed by atoms with Gasteiger partial charge < -0.3 is 19.3 Å². The lowest BCUT2D eigenvalue weighted by Gasteiger charge is -2.46. The maximum absolute atomic E-state index is 11.5. The second-order valence-corrected chi connectivity index (χ2v) is 5.82. The van der Waals surface area contributed by atoms with Crippen LogP contribution in [0.15, 0.2) is 18.2 Å². The van der Waals surface area contributed by atoms with Crippen molar-refractivity contribution in [1.29, 1.82) is 0 Å². The summed E-state index contributed by atoms with van der Waals surface area (Å²) in [6.45, 7) is 3.88. The number of morpholine rings is 2. The number of fused-ring (bicyclic) bond motifs is 2. The second kappa shape index (κ2) is 6.04. The van der Waals surface area contributed by atoms with E-state index >= 15 is 0 Å². The van der Waals surface area contributed by atoms with E-state index in [-0.39, 0.29) is 29.6 Å². The molecule has 2 aliphatic rings. The third-order valence-corrected chi connectivity index (χ3v) is 4.25. The number of nitro benzene ring substituents is 1. The van der Waals surface area contributed by atoms with Crippen LogP contribution in [0.25, 0.3) is 0 Å². The fraction of sp³-hybridized carbons (Fsp3) is 0.533. The highest BCUT2D eigenvalue weighted by Gasteiger charge is 2.36. The van der Waals surface area contributed by atoms with Gasteiger partial charge in [0.25, 0.3) is 0 Å². The molecular weight excluding hydrogens is 302 g/mol. The van der Waals surface area contributed by atoms with E-state index < -0.39 is 4.92 Å². The van der Waals surface area contributed by atoms with Gasteiger partial charge in [0.15, 0.2) is 5.75 Å². The molecule has 2 aliphatic heterocycles. The van der Waals surface area contributed by atoms with Gasteiger partial charge in [-0.25, -0.2) is 0 Å². The van der Waals surface area contributed by atoms with Gasteiger partial charge in [-0.3, -0.25) is 14.9 Å². The van der Waals surface area contributed by atoms with Crippen molar-refractivity contribution in [3.63, 3.8) is 0 Å². The summed E-state index contributed by atoms with van der Waals surface area (Å²) in [5.41, 5.74) is 0.721. The Kier molecular flexibility index (Phi) is 4.08. The Balaban J connectivity index is 1.80. The van der Waals surface area contributed by atoms with Crippen LogP contribution >= 0.6 is 0 Å². The van der Waals surface area contributed by atoms with E-state index in [4.69, 9.17) is 9.47 Å². The molecule has 2 fully saturated rings. The Morgan fingerprint density at radius 3 is 2.48 bits per heavy atom. The molecule has 8 nitrogen and oxygen atoms in total. The predicted molar refractivity (Wildman–Crippen MR) is 82.8 cm³/mol. The molecule has 124 valence electrons. The average molecular weight is 321 g/mol. The van der Waals surface area contributed by atoms with Gasteiger partial charge >= 0.3 is 5.69 Å². The van der Waals surface area contributed by atoms with Crippen LogP contribution in [0.2, 0.25) is 0 Å². The number of carbonyl (C=O) groups excluding carboxylic acids is 1. The number of benzene rings is 1. The summed E-state index contributed by atoms with van der Waals surface area (Å²) in [4.78, 5) is 26.1. The molecule has 1 amide bonds. The number of methoxy groups -OCH3 is 1. The molecule has 2 bridgehead atoms. The van der Waals surface area contributed by atoms with E-state index in [1.807, 2.05) is 6.07 Å². The fourth-order valence-electron chi connectivity index (χ4n) is 3.18. The molecule has 0 aliphatic carbocycles. The second-order valence-electron chi connectivity index (χ2n) is 5.82. The van der Waals surface area contributed by atoms with Crippen LogP contribution in [0.3, 0.4) is 0 Å². The van der Waals surface area contributed by atoms with Crippen molar-refractivity contribution in [2.24, 2.45) is 0 Å². The van der Waals surface area contributed by atoms with Gasteiger partial charge in [-0.1, -0.05) is 0 Å². The molecule has 2 saturated heterocycles. The summed E-state index contributed by atoms with van der Waals surface area (Å²) < 4.78 is 10.9. The number of amides is 1. The summed E-state index contributed by atoms with van der Waals surface area (Å²) in [6.07, 6.45) is -0.153. The van der Waals surface area contributed by atoms with E-state index in [0.29, 0.717) is 26.2 Å². The van der Waals surface area contributed by atoms with Gasteiger partial charge in [-0.05, 0) is 12.1 Å². The van der Waals surface area contributed by atoms with Crippen LogP contribution in [0.4, 0.5) is 11.4 Å².